The molecule has 1 heterocycles. The molecule has 0 radical (unpaired) electrons. The minimum absolute atomic E-state index is 0.118. The molecular weight excluding hydrogens is 418 g/mol. The third kappa shape index (κ3) is 4.43. The van der Waals surface area contributed by atoms with Crippen molar-refractivity contribution in [3.8, 4) is 5.75 Å². The molecule has 0 spiro atoms. The molecular formula is C26H25N3O4. The SMILES string of the molecule is COc1ccc(NC(=O)c2ccc(CN3C(=O)NC(C)(c4ccc(C)cc4)C3=O)cc2)cc1. The highest BCUT2D eigenvalue weighted by molar-refractivity contribution is 6.07. The fraction of sp³-hybridized carbons (Fsp3) is 0.192. The van der Waals surface area contributed by atoms with Crippen LogP contribution in [0.15, 0.2) is 72.8 Å². The summed E-state index contributed by atoms with van der Waals surface area (Å²) >= 11 is 0. The highest BCUT2D eigenvalue weighted by Gasteiger charge is 2.48. The van der Waals surface area contributed by atoms with Crippen molar-refractivity contribution >= 4 is 23.5 Å². The fourth-order valence-corrected chi connectivity index (χ4v) is 3.74. The number of imide groups is 1. The predicted molar refractivity (Wildman–Crippen MR) is 125 cm³/mol. The number of benzene rings is 3. The van der Waals surface area contributed by atoms with Crippen LogP contribution in [0.3, 0.4) is 0 Å². The maximum Gasteiger partial charge on any atom is 0.325 e. The first-order chi connectivity index (χ1) is 15.8. The van der Waals surface area contributed by atoms with Crippen LogP contribution in [0.4, 0.5) is 10.5 Å². The number of nitrogens with one attached hydrogen (secondary N) is 2. The number of carbonyl (C=O) groups excluding carboxylic acids is 3. The van der Waals surface area contributed by atoms with Gasteiger partial charge in [-0.2, -0.15) is 0 Å². The van der Waals surface area contributed by atoms with Crippen molar-refractivity contribution in [1.29, 1.82) is 0 Å². The van der Waals surface area contributed by atoms with E-state index in [0.717, 1.165) is 16.7 Å². The standard InChI is InChI=1S/C26H25N3O4/c1-17-4-10-20(11-5-17)26(2)24(31)29(25(32)28-26)16-18-6-8-19(9-7-18)23(30)27-21-12-14-22(33-3)15-13-21/h4-15H,16H2,1-3H3,(H,27,30)(H,28,32). The second-order valence-electron chi connectivity index (χ2n) is 8.19. The van der Waals surface area contributed by atoms with Crippen LogP contribution in [0.5, 0.6) is 5.75 Å². The van der Waals surface area contributed by atoms with E-state index in [2.05, 4.69) is 10.6 Å². The monoisotopic (exact) mass is 443 g/mol. The van der Waals surface area contributed by atoms with E-state index in [1.165, 1.54) is 4.90 Å². The van der Waals surface area contributed by atoms with Crippen molar-refractivity contribution in [3.63, 3.8) is 0 Å². The van der Waals surface area contributed by atoms with Crippen molar-refractivity contribution in [3.05, 3.63) is 95.1 Å². The Morgan fingerprint density at radius 1 is 0.970 bits per heavy atom. The zero-order chi connectivity index (χ0) is 23.6. The molecule has 0 aliphatic carbocycles. The van der Waals surface area contributed by atoms with E-state index in [0.29, 0.717) is 17.0 Å². The van der Waals surface area contributed by atoms with Crippen LogP contribution < -0.4 is 15.4 Å². The van der Waals surface area contributed by atoms with Gasteiger partial charge in [-0.1, -0.05) is 42.0 Å². The van der Waals surface area contributed by atoms with Crippen LogP contribution in [-0.2, 0) is 16.9 Å². The molecule has 1 fully saturated rings. The average molecular weight is 444 g/mol. The summed E-state index contributed by atoms with van der Waals surface area (Å²) in [6, 6.07) is 21.0. The Labute approximate surface area is 192 Å². The van der Waals surface area contributed by atoms with Gasteiger partial charge in [-0.3, -0.25) is 14.5 Å². The molecule has 1 atom stereocenters. The number of nitrogens with zero attached hydrogens (tertiary/aromatic N) is 1. The lowest BCUT2D eigenvalue weighted by atomic mass is 9.91. The number of aryl methyl sites for hydroxylation is 1. The Morgan fingerprint density at radius 2 is 1.61 bits per heavy atom. The van der Waals surface area contributed by atoms with Gasteiger partial charge in [0.05, 0.1) is 13.7 Å². The van der Waals surface area contributed by atoms with Crippen LogP contribution in [0, 0.1) is 6.92 Å². The number of ether oxygens (including phenoxy) is 1. The molecule has 0 bridgehead atoms. The van der Waals surface area contributed by atoms with E-state index in [9.17, 15) is 14.4 Å². The molecule has 3 aromatic rings. The lowest BCUT2D eigenvalue weighted by molar-refractivity contribution is -0.131. The number of rotatable bonds is 6. The van der Waals surface area contributed by atoms with Gasteiger partial charge in [-0.15, -0.1) is 0 Å². The van der Waals surface area contributed by atoms with Gasteiger partial charge >= 0.3 is 6.03 Å². The first kappa shape index (κ1) is 22.1. The summed E-state index contributed by atoms with van der Waals surface area (Å²) in [4.78, 5) is 39.4. The van der Waals surface area contributed by atoms with Crippen molar-refractivity contribution in [1.82, 2.24) is 10.2 Å². The number of urea groups is 1. The molecule has 3 aromatic carbocycles. The summed E-state index contributed by atoms with van der Waals surface area (Å²) in [7, 11) is 1.58. The Bertz CT molecular complexity index is 1190. The van der Waals surface area contributed by atoms with Crippen LogP contribution >= 0.6 is 0 Å². The van der Waals surface area contributed by atoms with Crippen LogP contribution in [0.25, 0.3) is 0 Å². The lowest BCUT2D eigenvalue weighted by Gasteiger charge is -2.22. The number of hydrogen-bond donors (Lipinski definition) is 2. The van der Waals surface area contributed by atoms with Gasteiger partial charge < -0.3 is 15.4 Å². The van der Waals surface area contributed by atoms with Gasteiger partial charge in [0.15, 0.2) is 0 Å². The summed E-state index contributed by atoms with van der Waals surface area (Å²) < 4.78 is 5.12. The highest BCUT2D eigenvalue weighted by atomic mass is 16.5. The molecule has 4 rings (SSSR count). The summed E-state index contributed by atoms with van der Waals surface area (Å²) in [6.07, 6.45) is 0. The topological polar surface area (TPSA) is 87.7 Å². The fourth-order valence-electron chi connectivity index (χ4n) is 3.74. The summed E-state index contributed by atoms with van der Waals surface area (Å²) in [6.45, 7) is 3.80. The van der Waals surface area contributed by atoms with Gasteiger partial charge in [-0.05, 0) is 61.4 Å². The molecule has 1 saturated heterocycles. The van der Waals surface area contributed by atoms with Gasteiger partial charge in [0.25, 0.3) is 11.8 Å². The van der Waals surface area contributed by atoms with E-state index in [1.807, 2.05) is 31.2 Å². The summed E-state index contributed by atoms with van der Waals surface area (Å²) in [5, 5.41) is 5.64. The first-order valence-electron chi connectivity index (χ1n) is 10.6. The van der Waals surface area contributed by atoms with Crippen molar-refractivity contribution in [2.24, 2.45) is 0 Å². The summed E-state index contributed by atoms with van der Waals surface area (Å²) in [5.41, 5.74) is 2.57. The van der Waals surface area contributed by atoms with Crippen LogP contribution in [0.1, 0.15) is 34.0 Å². The van der Waals surface area contributed by atoms with E-state index in [-0.39, 0.29) is 18.4 Å². The maximum absolute atomic E-state index is 13.1. The molecule has 1 aliphatic heterocycles. The van der Waals surface area contributed by atoms with Crippen molar-refractivity contribution < 1.29 is 19.1 Å². The normalized spacial score (nSPS) is 17.6. The van der Waals surface area contributed by atoms with Crippen molar-refractivity contribution in [2.75, 3.05) is 12.4 Å². The minimum atomic E-state index is -1.11. The predicted octanol–water partition coefficient (Wildman–Crippen LogP) is 4.22. The number of carbonyl (C=O) groups is 3. The Hall–Kier alpha value is -4.13. The molecule has 33 heavy (non-hydrogen) atoms. The molecule has 1 unspecified atom stereocenters. The van der Waals surface area contributed by atoms with Gasteiger partial charge in [0, 0.05) is 11.3 Å². The van der Waals surface area contributed by atoms with Gasteiger partial charge in [0.1, 0.15) is 11.3 Å². The number of methoxy groups -OCH3 is 1. The van der Waals surface area contributed by atoms with E-state index in [4.69, 9.17) is 4.74 Å². The molecule has 7 heteroatoms. The molecule has 168 valence electrons. The van der Waals surface area contributed by atoms with Gasteiger partial charge in [-0.25, -0.2) is 4.79 Å². The van der Waals surface area contributed by atoms with Crippen molar-refractivity contribution in [2.45, 2.75) is 25.9 Å². The Kier molecular flexibility index (Phi) is 5.87. The van der Waals surface area contributed by atoms with Gasteiger partial charge in [0.2, 0.25) is 0 Å². The average Bonchev–Trinajstić information content (AvgIpc) is 3.04. The molecule has 0 saturated carbocycles. The molecule has 1 aliphatic rings. The molecule has 7 nitrogen and oxygen atoms in total. The molecule has 0 aromatic heterocycles. The Balaban J connectivity index is 1.44. The Morgan fingerprint density at radius 3 is 2.21 bits per heavy atom. The van der Waals surface area contributed by atoms with Crippen LogP contribution in [0.2, 0.25) is 0 Å². The smallest absolute Gasteiger partial charge is 0.325 e. The highest BCUT2D eigenvalue weighted by Crippen LogP contribution is 2.30. The maximum atomic E-state index is 13.1. The first-order valence-corrected chi connectivity index (χ1v) is 10.6. The van der Waals surface area contributed by atoms with E-state index < -0.39 is 11.6 Å². The third-order valence-electron chi connectivity index (χ3n) is 5.81. The quantitative estimate of drug-likeness (QED) is 0.559. The number of hydrogen-bond acceptors (Lipinski definition) is 4. The zero-order valence-electron chi connectivity index (χ0n) is 18.7. The molecule has 4 amide bonds. The zero-order valence-corrected chi connectivity index (χ0v) is 18.7. The lowest BCUT2D eigenvalue weighted by Crippen LogP contribution is -2.40. The van der Waals surface area contributed by atoms with Crippen LogP contribution in [-0.4, -0.2) is 29.9 Å². The third-order valence-corrected chi connectivity index (χ3v) is 5.81. The van der Waals surface area contributed by atoms with E-state index in [1.54, 1.807) is 62.6 Å². The number of anilines is 1. The summed E-state index contributed by atoms with van der Waals surface area (Å²) in [5.74, 6) is 0.141. The number of amides is 4. The largest absolute Gasteiger partial charge is 0.497 e. The second kappa shape index (κ2) is 8.78. The second-order valence-corrected chi connectivity index (χ2v) is 8.19. The minimum Gasteiger partial charge on any atom is -0.497 e. The molecule has 2 N–H and O–H groups in total. The van der Waals surface area contributed by atoms with E-state index >= 15 is 0 Å².